The normalized spacial score (nSPS) is 16.9. The van der Waals surface area contributed by atoms with E-state index in [2.05, 4.69) is 15.1 Å². The summed E-state index contributed by atoms with van der Waals surface area (Å²) in [7, 11) is 1.68. The molecule has 1 aromatic carbocycles. The van der Waals surface area contributed by atoms with Crippen LogP contribution in [0.15, 0.2) is 18.2 Å². The molecule has 0 radical (unpaired) electrons. The second-order valence-corrected chi connectivity index (χ2v) is 5.20. The van der Waals surface area contributed by atoms with Crippen molar-refractivity contribution in [3.8, 4) is 0 Å². The minimum Gasteiger partial charge on any atom is -0.395 e. The molecule has 1 aliphatic heterocycles. The van der Waals surface area contributed by atoms with Gasteiger partial charge in [-0.2, -0.15) is 0 Å². The largest absolute Gasteiger partial charge is 0.395 e. The van der Waals surface area contributed by atoms with Crippen molar-refractivity contribution in [2.24, 2.45) is 0 Å². The fourth-order valence-electron chi connectivity index (χ4n) is 2.61. The third kappa shape index (κ3) is 4.13. The number of benzene rings is 1. The molecule has 0 unspecified atom stereocenters. The number of rotatable bonds is 6. The lowest BCUT2D eigenvalue weighted by atomic mass is 10.1. The van der Waals surface area contributed by atoms with Crippen LogP contribution in [0.5, 0.6) is 0 Å². The minimum atomic E-state index is -0.353. The standard InChI is InChI=1S/C14H22N4O3/c1-15-13-3-2-12(10-14(13)18(20)21)11-17-6-4-16(5-7-17)8-9-19/h2-3,10,15,19H,4-9,11H2,1H3. The van der Waals surface area contributed by atoms with Crippen LogP contribution >= 0.6 is 0 Å². The number of aliphatic hydroxyl groups is 1. The predicted octanol–water partition coefficient (Wildman–Crippen LogP) is 0.746. The van der Waals surface area contributed by atoms with Gasteiger partial charge in [0, 0.05) is 52.4 Å². The number of nitrogens with zero attached hydrogens (tertiary/aromatic N) is 3. The van der Waals surface area contributed by atoms with Crippen LogP contribution in [0, 0.1) is 10.1 Å². The van der Waals surface area contributed by atoms with Gasteiger partial charge in [-0.3, -0.25) is 19.9 Å². The molecule has 7 heteroatoms. The van der Waals surface area contributed by atoms with E-state index in [0.29, 0.717) is 5.69 Å². The number of aliphatic hydroxyl groups excluding tert-OH is 1. The SMILES string of the molecule is CNc1ccc(CN2CCN(CCO)CC2)cc1[N+](=O)[O-]. The zero-order valence-corrected chi connectivity index (χ0v) is 12.3. The maximum atomic E-state index is 11.1. The van der Waals surface area contributed by atoms with Crippen LogP contribution < -0.4 is 5.32 Å². The molecular weight excluding hydrogens is 272 g/mol. The third-order valence-electron chi connectivity index (χ3n) is 3.82. The van der Waals surface area contributed by atoms with Gasteiger partial charge in [-0.1, -0.05) is 6.07 Å². The number of anilines is 1. The molecule has 1 saturated heterocycles. The lowest BCUT2D eigenvalue weighted by molar-refractivity contribution is -0.384. The summed E-state index contributed by atoms with van der Waals surface area (Å²) in [6.07, 6.45) is 0. The van der Waals surface area contributed by atoms with E-state index in [9.17, 15) is 10.1 Å². The van der Waals surface area contributed by atoms with E-state index in [1.54, 1.807) is 19.2 Å². The van der Waals surface area contributed by atoms with E-state index in [0.717, 1.165) is 44.8 Å². The van der Waals surface area contributed by atoms with Gasteiger partial charge in [0.25, 0.3) is 5.69 Å². The Bertz CT molecular complexity index is 487. The fourth-order valence-corrected chi connectivity index (χ4v) is 2.61. The average Bonchev–Trinajstić information content (AvgIpc) is 2.49. The van der Waals surface area contributed by atoms with Gasteiger partial charge in [-0.25, -0.2) is 0 Å². The molecule has 0 saturated carbocycles. The summed E-state index contributed by atoms with van der Waals surface area (Å²) in [6, 6.07) is 5.33. The Kier molecular flexibility index (Phi) is 5.49. The van der Waals surface area contributed by atoms with Gasteiger partial charge in [0.2, 0.25) is 0 Å². The number of nitrogens with one attached hydrogen (secondary N) is 1. The van der Waals surface area contributed by atoms with Crippen LogP contribution in [0.25, 0.3) is 0 Å². The lowest BCUT2D eigenvalue weighted by Crippen LogP contribution is -2.46. The minimum absolute atomic E-state index is 0.119. The second-order valence-electron chi connectivity index (χ2n) is 5.20. The number of hydrogen-bond donors (Lipinski definition) is 2. The van der Waals surface area contributed by atoms with Crippen molar-refractivity contribution >= 4 is 11.4 Å². The van der Waals surface area contributed by atoms with Gasteiger partial charge in [0.1, 0.15) is 5.69 Å². The van der Waals surface area contributed by atoms with E-state index < -0.39 is 0 Å². The number of hydrogen-bond acceptors (Lipinski definition) is 6. The van der Waals surface area contributed by atoms with E-state index in [1.165, 1.54) is 0 Å². The number of β-amino-alcohol motifs (C(OH)–C–C–N with tert-alkyl or cyclic N) is 1. The first-order valence-corrected chi connectivity index (χ1v) is 7.14. The van der Waals surface area contributed by atoms with Crippen molar-refractivity contribution in [1.29, 1.82) is 0 Å². The van der Waals surface area contributed by atoms with E-state index in [4.69, 9.17) is 5.11 Å². The molecule has 1 heterocycles. The molecule has 1 aromatic rings. The van der Waals surface area contributed by atoms with Crippen molar-refractivity contribution in [3.05, 3.63) is 33.9 Å². The van der Waals surface area contributed by atoms with Gasteiger partial charge in [-0.05, 0) is 11.6 Å². The molecule has 116 valence electrons. The van der Waals surface area contributed by atoms with Gasteiger partial charge in [-0.15, -0.1) is 0 Å². The highest BCUT2D eigenvalue weighted by atomic mass is 16.6. The summed E-state index contributed by atoms with van der Waals surface area (Å²) in [4.78, 5) is 15.2. The quantitative estimate of drug-likeness (QED) is 0.595. The van der Waals surface area contributed by atoms with E-state index in [1.807, 2.05) is 6.07 Å². The Morgan fingerprint density at radius 1 is 1.29 bits per heavy atom. The summed E-state index contributed by atoms with van der Waals surface area (Å²) in [6.45, 7) is 5.32. The van der Waals surface area contributed by atoms with Crippen molar-refractivity contribution in [3.63, 3.8) is 0 Å². The molecule has 0 atom stereocenters. The fraction of sp³-hybridized carbons (Fsp3) is 0.571. The molecule has 0 amide bonds. The van der Waals surface area contributed by atoms with E-state index >= 15 is 0 Å². The zero-order valence-electron chi connectivity index (χ0n) is 12.3. The zero-order chi connectivity index (χ0) is 15.2. The molecular formula is C14H22N4O3. The molecule has 2 rings (SSSR count). The molecule has 0 spiro atoms. The van der Waals surface area contributed by atoms with Crippen molar-refractivity contribution in [1.82, 2.24) is 9.80 Å². The Labute approximate surface area is 124 Å². The monoisotopic (exact) mass is 294 g/mol. The molecule has 2 N–H and O–H groups in total. The maximum Gasteiger partial charge on any atom is 0.292 e. The highest BCUT2D eigenvalue weighted by Gasteiger charge is 2.18. The molecule has 7 nitrogen and oxygen atoms in total. The van der Waals surface area contributed by atoms with Crippen LogP contribution in [0.2, 0.25) is 0 Å². The second kappa shape index (κ2) is 7.35. The molecule has 1 aliphatic rings. The third-order valence-corrected chi connectivity index (χ3v) is 3.82. The topological polar surface area (TPSA) is 81.9 Å². The van der Waals surface area contributed by atoms with Crippen molar-refractivity contribution in [2.75, 3.05) is 51.7 Å². The maximum absolute atomic E-state index is 11.1. The van der Waals surface area contributed by atoms with Crippen molar-refractivity contribution in [2.45, 2.75) is 6.54 Å². The highest BCUT2D eigenvalue weighted by Crippen LogP contribution is 2.25. The Balaban J connectivity index is 1.97. The van der Waals surface area contributed by atoms with Gasteiger partial charge in [0.05, 0.1) is 11.5 Å². The van der Waals surface area contributed by atoms with Crippen LogP contribution in [-0.2, 0) is 6.54 Å². The first-order chi connectivity index (χ1) is 10.1. The van der Waals surface area contributed by atoms with Gasteiger partial charge in [0.15, 0.2) is 0 Å². The molecule has 21 heavy (non-hydrogen) atoms. The number of nitro groups is 1. The Morgan fingerprint density at radius 3 is 2.52 bits per heavy atom. The van der Waals surface area contributed by atoms with E-state index in [-0.39, 0.29) is 17.2 Å². The van der Waals surface area contributed by atoms with Crippen molar-refractivity contribution < 1.29 is 10.0 Å². The molecule has 0 bridgehead atoms. The predicted molar refractivity (Wildman–Crippen MR) is 81.4 cm³/mol. The Morgan fingerprint density at radius 2 is 1.95 bits per heavy atom. The summed E-state index contributed by atoms with van der Waals surface area (Å²) >= 11 is 0. The Hall–Kier alpha value is -1.70. The van der Waals surface area contributed by atoms with Gasteiger partial charge >= 0.3 is 0 Å². The first kappa shape index (κ1) is 15.7. The number of nitro benzene ring substituents is 1. The summed E-state index contributed by atoms with van der Waals surface area (Å²) < 4.78 is 0. The van der Waals surface area contributed by atoms with Crippen LogP contribution in [-0.4, -0.2) is 66.2 Å². The highest BCUT2D eigenvalue weighted by molar-refractivity contribution is 5.62. The van der Waals surface area contributed by atoms with Crippen LogP contribution in [0.4, 0.5) is 11.4 Å². The summed E-state index contributed by atoms with van der Waals surface area (Å²) in [5, 5.41) is 22.8. The van der Waals surface area contributed by atoms with Crippen LogP contribution in [0.1, 0.15) is 5.56 Å². The summed E-state index contributed by atoms with van der Waals surface area (Å²) in [5.74, 6) is 0. The van der Waals surface area contributed by atoms with Gasteiger partial charge < -0.3 is 10.4 Å². The first-order valence-electron chi connectivity index (χ1n) is 7.14. The molecule has 0 aromatic heterocycles. The molecule has 0 aliphatic carbocycles. The number of piperazine rings is 1. The molecule has 1 fully saturated rings. The lowest BCUT2D eigenvalue weighted by Gasteiger charge is -2.34. The summed E-state index contributed by atoms with van der Waals surface area (Å²) in [5.41, 5.74) is 1.61. The van der Waals surface area contributed by atoms with Crippen LogP contribution in [0.3, 0.4) is 0 Å². The smallest absolute Gasteiger partial charge is 0.292 e. The average molecular weight is 294 g/mol.